The molecule has 0 heterocycles. The quantitative estimate of drug-likeness (QED) is 0.572. The van der Waals surface area contributed by atoms with Gasteiger partial charge >= 0.3 is 0 Å². The largest absolute Gasteiger partial charge is 0.490 e. The molecule has 0 bridgehead atoms. The van der Waals surface area contributed by atoms with Crippen LogP contribution in [0, 0.1) is 0 Å². The van der Waals surface area contributed by atoms with E-state index in [-0.39, 0.29) is 12.4 Å². The highest BCUT2D eigenvalue weighted by atomic mass is 79.9. The molecular formula is C20H31BrClNO2. The molecule has 1 N–H and O–H groups in total. The third kappa shape index (κ3) is 6.04. The maximum absolute atomic E-state index is 6.21. The lowest BCUT2D eigenvalue weighted by molar-refractivity contribution is 0.196. The molecule has 2 aliphatic rings. The molecule has 1 aromatic carbocycles. The fourth-order valence-corrected chi connectivity index (χ4v) is 4.28. The van der Waals surface area contributed by atoms with E-state index in [1.54, 1.807) is 0 Å². The Kier molecular flexibility index (Phi) is 8.88. The number of rotatable bonds is 7. The third-order valence-corrected chi connectivity index (χ3v) is 5.93. The zero-order chi connectivity index (χ0) is 16.8. The lowest BCUT2D eigenvalue weighted by Gasteiger charge is -2.24. The molecule has 0 aliphatic heterocycles. The lowest BCUT2D eigenvalue weighted by atomic mass is 9.95. The highest BCUT2D eigenvalue weighted by molar-refractivity contribution is 9.10. The Bertz CT molecular complexity index is 529. The van der Waals surface area contributed by atoms with Gasteiger partial charge in [-0.1, -0.05) is 35.2 Å². The van der Waals surface area contributed by atoms with Crippen molar-refractivity contribution < 1.29 is 9.47 Å². The molecule has 25 heavy (non-hydrogen) atoms. The second-order valence-electron chi connectivity index (χ2n) is 7.06. The van der Waals surface area contributed by atoms with Crippen LogP contribution in [-0.2, 0) is 6.54 Å². The summed E-state index contributed by atoms with van der Waals surface area (Å²) in [5.74, 6) is 1.77. The third-order valence-electron chi connectivity index (χ3n) is 5.19. The van der Waals surface area contributed by atoms with E-state index in [0.717, 1.165) is 35.4 Å². The van der Waals surface area contributed by atoms with Crippen molar-refractivity contribution in [3.63, 3.8) is 0 Å². The van der Waals surface area contributed by atoms with Crippen LogP contribution in [0.3, 0.4) is 0 Å². The van der Waals surface area contributed by atoms with E-state index in [9.17, 15) is 0 Å². The van der Waals surface area contributed by atoms with E-state index >= 15 is 0 Å². The minimum atomic E-state index is 0. The molecule has 0 spiro atoms. The Morgan fingerprint density at radius 3 is 2.36 bits per heavy atom. The Labute approximate surface area is 166 Å². The summed E-state index contributed by atoms with van der Waals surface area (Å²) in [6, 6.07) is 4.91. The second kappa shape index (κ2) is 10.6. The number of ether oxygens (including phenoxy) is 2. The number of hydrogen-bond acceptors (Lipinski definition) is 3. The van der Waals surface area contributed by atoms with Crippen molar-refractivity contribution >= 4 is 28.3 Å². The minimum Gasteiger partial charge on any atom is -0.490 e. The molecule has 2 fully saturated rings. The van der Waals surface area contributed by atoms with E-state index in [2.05, 4.69) is 33.4 Å². The fraction of sp³-hybridized carbons (Fsp3) is 0.700. The first kappa shape index (κ1) is 20.9. The monoisotopic (exact) mass is 431 g/mol. The molecule has 0 radical (unpaired) electrons. The summed E-state index contributed by atoms with van der Waals surface area (Å²) in [7, 11) is 0. The van der Waals surface area contributed by atoms with Crippen molar-refractivity contribution in [2.24, 2.45) is 0 Å². The van der Waals surface area contributed by atoms with Gasteiger partial charge in [0.05, 0.1) is 12.7 Å². The van der Waals surface area contributed by atoms with Gasteiger partial charge in [0.1, 0.15) is 0 Å². The molecule has 2 aliphatic carbocycles. The summed E-state index contributed by atoms with van der Waals surface area (Å²) in [6.07, 6.45) is 11.9. The fourth-order valence-electron chi connectivity index (χ4n) is 3.82. The van der Waals surface area contributed by atoms with Gasteiger partial charge in [0, 0.05) is 17.1 Å². The first-order valence-corrected chi connectivity index (χ1v) is 10.4. The summed E-state index contributed by atoms with van der Waals surface area (Å²) in [6.45, 7) is 3.58. The average Bonchev–Trinajstić information content (AvgIpc) is 3.10. The predicted octanol–water partition coefficient (Wildman–Crippen LogP) is 6.01. The smallest absolute Gasteiger partial charge is 0.162 e. The first-order chi connectivity index (χ1) is 11.8. The van der Waals surface area contributed by atoms with Gasteiger partial charge in [-0.2, -0.15) is 0 Å². The van der Waals surface area contributed by atoms with Gasteiger partial charge in [-0.15, -0.1) is 12.4 Å². The van der Waals surface area contributed by atoms with Crippen molar-refractivity contribution in [3.05, 3.63) is 22.2 Å². The number of nitrogens with one attached hydrogen (secondary N) is 1. The molecule has 2 saturated carbocycles. The lowest BCUT2D eigenvalue weighted by Crippen LogP contribution is -2.30. The SMILES string of the molecule is CCOc1cc(CNC2CCCCC2)c(Br)cc1OC1CCCC1.Cl. The first-order valence-electron chi connectivity index (χ1n) is 9.61. The van der Waals surface area contributed by atoms with Crippen LogP contribution in [0.4, 0.5) is 0 Å². The van der Waals surface area contributed by atoms with Gasteiger partial charge < -0.3 is 14.8 Å². The van der Waals surface area contributed by atoms with Crippen molar-refractivity contribution in [3.8, 4) is 11.5 Å². The van der Waals surface area contributed by atoms with E-state index in [4.69, 9.17) is 9.47 Å². The molecular weight excluding hydrogens is 402 g/mol. The maximum atomic E-state index is 6.21. The van der Waals surface area contributed by atoms with Crippen molar-refractivity contribution in [1.29, 1.82) is 0 Å². The second-order valence-corrected chi connectivity index (χ2v) is 7.92. The standard InChI is InChI=1S/C20H30BrNO2.ClH/c1-2-23-19-12-15(14-22-16-8-4-3-5-9-16)18(21)13-20(19)24-17-10-6-7-11-17;/h12-13,16-17,22H,2-11,14H2,1H3;1H. The van der Waals surface area contributed by atoms with Gasteiger partial charge in [-0.3, -0.25) is 0 Å². The van der Waals surface area contributed by atoms with Crippen LogP contribution >= 0.6 is 28.3 Å². The van der Waals surface area contributed by atoms with E-state index in [1.165, 1.54) is 50.5 Å². The van der Waals surface area contributed by atoms with Crippen LogP contribution in [0.5, 0.6) is 11.5 Å². The van der Waals surface area contributed by atoms with Crippen LogP contribution in [0.25, 0.3) is 0 Å². The van der Waals surface area contributed by atoms with E-state index in [1.807, 2.05) is 6.92 Å². The highest BCUT2D eigenvalue weighted by Gasteiger charge is 2.20. The van der Waals surface area contributed by atoms with Gasteiger partial charge in [-0.05, 0) is 63.1 Å². The summed E-state index contributed by atoms with van der Waals surface area (Å²) in [5, 5.41) is 3.71. The maximum Gasteiger partial charge on any atom is 0.162 e. The van der Waals surface area contributed by atoms with Crippen LogP contribution in [0.2, 0.25) is 0 Å². The van der Waals surface area contributed by atoms with E-state index in [0.29, 0.717) is 18.8 Å². The van der Waals surface area contributed by atoms with Crippen molar-refractivity contribution in [1.82, 2.24) is 5.32 Å². The average molecular weight is 433 g/mol. The molecule has 0 saturated heterocycles. The minimum absolute atomic E-state index is 0. The molecule has 0 aromatic heterocycles. The van der Waals surface area contributed by atoms with Gasteiger partial charge in [0.25, 0.3) is 0 Å². The Hall–Kier alpha value is -0.450. The zero-order valence-electron chi connectivity index (χ0n) is 15.2. The summed E-state index contributed by atoms with van der Waals surface area (Å²) >= 11 is 3.73. The topological polar surface area (TPSA) is 30.5 Å². The highest BCUT2D eigenvalue weighted by Crippen LogP contribution is 2.36. The molecule has 0 unspecified atom stereocenters. The van der Waals surface area contributed by atoms with Gasteiger partial charge in [-0.25, -0.2) is 0 Å². The predicted molar refractivity (Wildman–Crippen MR) is 109 cm³/mol. The normalized spacial score (nSPS) is 18.8. The number of benzene rings is 1. The van der Waals surface area contributed by atoms with Gasteiger partial charge in [0.2, 0.25) is 0 Å². The molecule has 0 amide bonds. The zero-order valence-corrected chi connectivity index (χ0v) is 17.6. The molecule has 0 atom stereocenters. The van der Waals surface area contributed by atoms with E-state index < -0.39 is 0 Å². The summed E-state index contributed by atoms with van der Waals surface area (Å²) in [5.41, 5.74) is 1.25. The molecule has 3 rings (SSSR count). The van der Waals surface area contributed by atoms with Crippen LogP contribution in [0.1, 0.15) is 70.3 Å². The Morgan fingerprint density at radius 1 is 1.00 bits per heavy atom. The van der Waals surface area contributed by atoms with Crippen molar-refractivity contribution in [2.75, 3.05) is 6.61 Å². The van der Waals surface area contributed by atoms with Crippen molar-refractivity contribution in [2.45, 2.75) is 83.4 Å². The van der Waals surface area contributed by atoms with Crippen LogP contribution in [0.15, 0.2) is 16.6 Å². The van der Waals surface area contributed by atoms with Crippen LogP contribution < -0.4 is 14.8 Å². The number of hydrogen-bond donors (Lipinski definition) is 1. The molecule has 142 valence electrons. The molecule has 3 nitrogen and oxygen atoms in total. The summed E-state index contributed by atoms with van der Waals surface area (Å²) in [4.78, 5) is 0. The van der Waals surface area contributed by atoms with Gasteiger partial charge in [0.15, 0.2) is 11.5 Å². The van der Waals surface area contributed by atoms with Crippen LogP contribution in [-0.4, -0.2) is 18.8 Å². The Morgan fingerprint density at radius 2 is 1.68 bits per heavy atom. The molecule has 5 heteroatoms. The Balaban J connectivity index is 0.00000225. The number of halogens is 2. The summed E-state index contributed by atoms with van der Waals surface area (Å²) < 4.78 is 13.2. The molecule has 1 aromatic rings.